The third-order valence-corrected chi connectivity index (χ3v) is 11.5. The van der Waals surface area contributed by atoms with Gasteiger partial charge in [0, 0.05) is 6.54 Å². The maximum Gasteiger partial charge on any atom is 0.397 e. The molecule has 38 heavy (non-hydrogen) atoms. The molecule has 1 unspecified atom stereocenters. The molecule has 9 heteroatoms. The molecule has 4 N–H and O–H groups in total. The van der Waals surface area contributed by atoms with Crippen LogP contribution in [0.2, 0.25) is 0 Å². The van der Waals surface area contributed by atoms with E-state index >= 15 is 0 Å². The molecule has 0 aliphatic heterocycles. The zero-order valence-corrected chi connectivity index (χ0v) is 24.5. The number of unbranched alkanes of at least 4 members (excludes halogenated alkanes) is 1. The molecule has 8 nitrogen and oxygen atoms in total. The van der Waals surface area contributed by atoms with Crippen LogP contribution in [0.15, 0.2) is 16.6 Å². The van der Waals surface area contributed by atoms with Gasteiger partial charge < -0.3 is 21.1 Å². The van der Waals surface area contributed by atoms with Gasteiger partial charge in [0.15, 0.2) is 0 Å². The Bertz CT molecular complexity index is 985. The zero-order chi connectivity index (χ0) is 27.6. The van der Waals surface area contributed by atoms with Crippen LogP contribution in [-0.2, 0) is 14.6 Å². The molecule has 8 atom stereocenters. The summed E-state index contributed by atoms with van der Waals surface area (Å²) < 4.78 is 36.7. The molecular weight excluding hydrogens is 502 g/mol. The molecule has 4 aliphatic carbocycles. The van der Waals surface area contributed by atoms with E-state index in [-0.39, 0.29) is 22.6 Å². The zero-order valence-electron chi connectivity index (χ0n) is 23.7. The molecule has 0 aromatic rings. The number of allylic oxidation sites excluding steroid dienone is 1. The SMILES string of the molecule is CC(C([O-])=NCCCNCCCCN)[C@H]1CC[C@H]2[C@@H]3CC=C4C[C@@H](OS(=O)(=O)O)CC[C@]4(C)[C@H]3CC[C@]12C. The van der Waals surface area contributed by atoms with Gasteiger partial charge in [0.05, 0.1) is 6.10 Å². The second kappa shape index (κ2) is 12.2. The Morgan fingerprint density at radius 2 is 1.95 bits per heavy atom. The second-order valence-corrected chi connectivity index (χ2v) is 14.0. The molecule has 0 amide bonds. The van der Waals surface area contributed by atoms with Gasteiger partial charge in [0.25, 0.3) is 0 Å². The number of nitrogens with two attached hydrogens (primary N) is 1. The van der Waals surface area contributed by atoms with Crippen LogP contribution in [0, 0.1) is 40.4 Å². The molecule has 4 aliphatic rings. The van der Waals surface area contributed by atoms with Crippen molar-refractivity contribution < 1.29 is 22.3 Å². The standard InChI is InChI=1S/C29H51N3O5S/c1-20(27(33)32-18-6-17-31-16-5-4-15-30)24-9-10-25-23-8-7-21-19-22(37-38(34,35)36)11-13-28(21,2)26(23)12-14-29(24,25)3/h7,20,22-26,31H,4-6,8-19,30H2,1-3H3,(H,32,33)(H,34,35,36)/p-1/t20?,22-,23-,24+,25-,26-,28-,29+/m0/s1. The highest BCUT2D eigenvalue weighted by Gasteiger charge is 2.59. The minimum absolute atomic E-state index is 0.0302. The number of hydrogen-bond donors (Lipinski definition) is 3. The normalized spacial score (nSPS) is 38.2. The van der Waals surface area contributed by atoms with E-state index in [9.17, 15) is 13.5 Å². The number of nitrogens with one attached hydrogen (secondary N) is 1. The van der Waals surface area contributed by atoms with E-state index in [1.165, 1.54) is 12.0 Å². The number of hydrogen-bond acceptors (Lipinski definition) is 7. The Balaban J connectivity index is 1.36. The fraction of sp³-hybridized carbons (Fsp3) is 0.897. The van der Waals surface area contributed by atoms with Crippen molar-refractivity contribution in [1.82, 2.24) is 5.32 Å². The third kappa shape index (κ3) is 6.32. The van der Waals surface area contributed by atoms with Crippen molar-refractivity contribution in [3.05, 3.63) is 11.6 Å². The van der Waals surface area contributed by atoms with Crippen LogP contribution in [0.3, 0.4) is 0 Å². The molecule has 4 rings (SSSR count). The highest BCUT2D eigenvalue weighted by atomic mass is 32.3. The predicted octanol–water partition coefficient (Wildman–Crippen LogP) is 3.87. The summed E-state index contributed by atoms with van der Waals surface area (Å²) in [6, 6.07) is 0. The molecule has 0 aromatic heterocycles. The predicted molar refractivity (Wildman–Crippen MR) is 149 cm³/mol. The van der Waals surface area contributed by atoms with E-state index in [0.717, 1.165) is 71.0 Å². The summed E-state index contributed by atoms with van der Waals surface area (Å²) in [6.07, 6.45) is 12.6. The van der Waals surface area contributed by atoms with E-state index in [2.05, 4.69) is 37.2 Å². The first-order chi connectivity index (χ1) is 18.0. The van der Waals surface area contributed by atoms with E-state index in [1.807, 2.05) is 0 Å². The summed E-state index contributed by atoms with van der Waals surface area (Å²) in [5.41, 5.74) is 7.08. The minimum Gasteiger partial charge on any atom is -0.862 e. The van der Waals surface area contributed by atoms with Crippen LogP contribution in [-0.4, -0.2) is 51.2 Å². The van der Waals surface area contributed by atoms with Crippen LogP contribution in [0.5, 0.6) is 0 Å². The van der Waals surface area contributed by atoms with Gasteiger partial charge in [-0.2, -0.15) is 8.42 Å². The van der Waals surface area contributed by atoms with Crippen molar-refractivity contribution in [2.75, 3.05) is 26.2 Å². The molecule has 0 bridgehead atoms. The van der Waals surface area contributed by atoms with Crippen LogP contribution >= 0.6 is 0 Å². The largest absolute Gasteiger partial charge is 0.862 e. The van der Waals surface area contributed by atoms with Crippen LogP contribution in [0.25, 0.3) is 0 Å². The van der Waals surface area contributed by atoms with E-state index in [1.54, 1.807) is 0 Å². The van der Waals surface area contributed by atoms with Gasteiger partial charge in [-0.15, -0.1) is 0 Å². The Morgan fingerprint density at radius 1 is 1.18 bits per heavy atom. The molecule has 0 aromatic carbocycles. The van der Waals surface area contributed by atoms with Gasteiger partial charge in [-0.3, -0.25) is 4.55 Å². The second-order valence-electron chi connectivity index (χ2n) is 13.0. The number of aliphatic imine (C=N–C) groups is 1. The Morgan fingerprint density at radius 3 is 2.68 bits per heavy atom. The van der Waals surface area contributed by atoms with Gasteiger partial charge in [-0.1, -0.05) is 32.4 Å². The highest BCUT2D eigenvalue weighted by Crippen LogP contribution is 2.67. The molecule has 3 saturated carbocycles. The lowest BCUT2D eigenvalue weighted by Crippen LogP contribution is -2.51. The lowest BCUT2D eigenvalue weighted by molar-refractivity contribution is -0.227. The lowest BCUT2D eigenvalue weighted by atomic mass is 9.47. The molecular formula is C29H50N3O5S-. The highest BCUT2D eigenvalue weighted by molar-refractivity contribution is 7.80. The van der Waals surface area contributed by atoms with Gasteiger partial charge in [0.1, 0.15) is 0 Å². The smallest absolute Gasteiger partial charge is 0.397 e. The van der Waals surface area contributed by atoms with Gasteiger partial charge in [-0.25, -0.2) is 4.18 Å². The first kappa shape index (κ1) is 30.0. The van der Waals surface area contributed by atoms with Crippen LogP contribution in [0.1, 0.15) is 91.4 Å². The van der Waals surface area contributed by atoms with E-state index < -0.39 is 16.5 Å². The number of fused-ring (bicyclic) bond motifs is 5. The van der Waals surface area contributed by atoms with Gasteiger partial charge in [0.2, 0.25) is 0 Å². The summed E-state index contributed by atoms with van der Waals surface area (Å²) >= 11 is 0. The van der Waals surface area contributed by atoms with Gasteiger partial charge >= 0.3 is 10.4 Å². The summed E-state index contributed by atoms with van der Waals surface area (Å²) in [7, 11) is -4.43. The van der Waals surface area contributed by atoms with Crippen molar-refractivity contribution in [3.63, 3.8) is 0 Å². The molecule has 218 valence electrons. The Hall–Kier alpha value is -1.00. The number of rotatable bonds is 12. The van der Waals surface area contributed by atoms with E-state index in [4.69, 9.17) is 14.5 Å². The first-order valence-electron chi connectivity index (χ1n) is 15.0. The fourth-order valence-corrected chi connectivity index (χ4v) is 9.48. The van der Waals surface area contributed by atoms with Crippen molar-refractivity contribution in [3.8, 4) is 0 Å². The van der Waals surface area contributed by atoms with Crippen molar-refractivity contribution >= 4 is 16.3 Å². The van der Waals surface area contributed by atoms with Crippen molar-refractivity contribution in [2.45, 2.75) is 97.5 Å². The maximum absolute atomic E-state index is 13.1. The van der Waals surface area contributed by atoms with Crippen LogP contribution < -0.4 is 16.2 Å². The number of nitrogens with zero attached hydrogens (tertiary/aromatic N) is 1. The summed E-state index contributed by atoms with van der Waals surface area (Å²) in [5.74, 6) is 2.24. The summed E-state index contributed by atoms with van der Waals surface area (Å²) in [4.78, 5) is 4.47. The molecule has 0 heterocycles. The first-order valence-corrected chi connectivity index (χ1v) is 16.3. The summed E-state index contributed by atoms with van der Waals surface area (Å²) in [6.45, 7) is 10.1. The molecule has 0 radical (unpaired) electrons. The topological polar surface area (TPSA) is 137 Å². The summed E-state index contributed by atoms with van der Waals surface area (Å²) in [5, 5.41) is 16.5. The minimum atomic E-state index is -4.43. The van der Waals surface area contributed by atoms with E-state index in [0.29, 0.717) is 43.1 Å². The quantitative estimate of drug-likeness (QED) is 0.110. The molecule has 0 spiro atoms. The maximum atomic E-state index is 13.1. The average molecular weight is 553 g/mol. The van der Waals surface area contributed by atoms with Crippen molar-refractivity contribution in [1.29, 1.82) is 0 Å². The Kier molecular flexibility index (Phi) is 9.66. The fourth-order valence-electron chi connectivity index (χ4n) is 8.97. The van der Waals surface area contributed by atoms with Crippen molar-refractivity contribution in [2.24, 2.45) is 51.1 Å². The Labute approximate surface area is 230 Å². The molecule has 0 saturated heterocycles. The van der Waals surface area contributed by atoms with Gasteiger partial charge in [-0.05, 0) is 137 Å². The third-order valence-electron chi connectivity index (χ3n) is 11.0. The lowest BCUT2D eigenvalue weighted by Gasteiger charge is -2.58. The van der Waals surface area contributed by atoms with Crippen LogP contribution in [0.4, 0.5) is 0 Å². The monoisotopic (exact) mass is 552 g/mol. The average Bonchev–Trinajstić information content (AvgIpc) is 3.21. The molecule has 3 fully saturated rings.